The maximum absolute atomic E-state index is 10.4. The molecule has 0 aliphatic heterocycles. The number of rotatable bonds is 16. The zero-order valence-electron chi connectivity index (χ0n) is 18.7. The number of carbonyl (C=O) groups excluding carboxylic acids is 2. The molecule has 0 spiro atoms. The monoisotopic (exact) mass is 387 g/mol. The first-order valence-electron chi connectivity index (χ1n) is 11.1. The van der Waals surface area contributed by atoms with Crippen molar-refractivity contribution in [1.29, 1.82) is 0 Å². The zero-order chi connectivity index (χ0) is 21.0. The lowest BCUT2D eigenvalue weighted by Crippen LogP contribution is -2.50. The maximum atomic E-state index is 10.4. The van der Waals surface area contributed by atoms with Gasteiger partial charge in [0.15, 0.2) is 0 Å². The van der Waals surface area contributed by atoms with Gasteiger partial charge in [0.2, 0.25) is 0 Å². The molecule has 0 bridgehead atoms. The highest BCUT2D eigenvalue weighted by molar-refractivity contribution is 5.75. The highest BCUT2D eigenvalue weighted by Gasteiger charge is 2.24. The molecule has 0 radical (unpaired) electrons. The van der Waals surface area contributed by atoms with Gasteiger partial charge in [-0.2, -0.15) is 0 Å². The fourth-order valence-corrected chi connectivity index (χ4v) is 3.08. The third kappa shape index (κ3) is 18.0. The summed E-state index contributed by atoms with van der Waals surface area (Å²) in [4.78, 5) is 20.2. The van der Waals surface area contributed by atoms with E-state index in [-0.39, 0.29) is 19.4 Å². The van der Waals surface area contributed by atoms with Crippen LogP contribution in [0.3, 0.4) is 0 Å². The number of ether oxygens (including phenoxy) is 1. The second-order valence-electron chi connectivity index (χ2n) is 7.33. The van der Waals surface area contributed by atoms with E-state index in [9.17, 15) is 14.7 Å². The molecule has 0 amide bonds. The van der Waals surface area contributed by atoms with Gasteiger partial charge in [0, 0.05) is 5.97 Å². The Kier molecular flexibility index (Phi) is 20.5. The Hall–Kier alpha value is -1.10. The normalized spacial score (nSPS) is 10.9. The van der Waals surface area contributed by atoms with E-state index in [1.165, 1.54) is 82.0 Å². The lowest BCUT2D eigenvalue weighted by Gasteiger charge is -2.39. The Labute approximate surface area is 168 Å². The predicted molar refractivity (Wildman–Crippen MR) is 110 cm³/mol. The molecule has 0 aromatic heterocycles. The summed E-state index contributed by atoms with van der Waals surface area (Å²) in [5, 5.41) is 9.79. The van der Waals surface area contributed by atoms with Crippen LogP contribution < -0.4 is 5.11 Å². The molecule has 0 rings (SSSR count). The van der Waals surface area contributed by atoms with Crippen LogP contribution in [0.5, 0.6) is 0 Å². The zero-order valence-corrected chi connectivity index (χ0v) is 18.7. The largest absolute Gasteiger partial charge is 0.550 e. The number of hydrogen-bond donors (Lipinski definition) is 0. The first-order chi connectivity index (χ1) is 12.9. The first-order valence-corrected chi connectivity index (χ1v) is 11.1. The van der Waals surface area contributed by atoms with Crippen molar-refractivity contribution >= 4 is 11.9 Å². The molecule has 5 nitrogen and oxygen atoms in total. The van der Waals surface area contributed by atoms with E-state index in [4.69, 9.17) is 0 Å². The fourth-order valence-electron chi connectivity index (χ4n) is 3.08. The number of carboxylic acids is 1. The number of carboxylic acid groups (broad SMARTS) is 1. The molecule has 0 heterocycles. The molecule has 0 saturated carbocycles. The first kappa shape index (κ1) is 28.1. The highest BCUT2D eigenvalue weighted by Crippen LogP contribution is 2.16. The smallest absolute Gasteiger partial charge is 0.306 e. The summed E-state index contributed by atoms with van der Waals surface area (Å²) in [5.74, 6) is -1.72. The Morgan fingerprint density at radius 2 is 1.07 bits per heavy atom. The van der Waals surface area contributed by atoms with Crippen molar-refractivity contribution in [1.82, 2.24) is 0 Å². The minimum atomic E-state index is -1.23. The van der Waals surface area contributed by atoms with Crippen LogP contribution in [0.2, 0.25) is 0 Å². The summed E-state index contributed by atoms with van der Waals surface area (Å²) in [6.45, 7) is 17.0. The lowest BCUT2D eigenvalue weighted by atomic mass is 10.1. The number of quaternary nitrogens is 1. The van der Waals surface area contributed by atoms with Crippen LogP contribution in [-0.4, -0.2) is 49.2 Å². The van der Waals surface area contributed by atoms with Crippen molar-refractivity contribution < 1.29 is 23.9 Å². The number of carbonyl (C=O) groups is 2. The third-order valence-corrected chi connectivity index (χ3v) is 4.78. The average Bonchev–Trinajstić information content (AvgIpc) is 2.66. The van der Waals surface area contributed by atoms with Gasteiger partial charge < -0.3 is 19.1 Å². The van der Waals surface area contributed by atoms with Gasteiger partial charge in [-0.05, 0) is 39.0 Å². The van der Waals surface area contributed by atoms with E-state index >= 15 is 0 Å². The quantitative estimate of drug-likeness (QED) is 0.296. The molecule has 0 aliphatic carbocycles. The van der Waals surface area contributed by atoms with Crippen molar-refractivity contribution in [3.8, 4) is 0 Å². The van der Waals surface area contributed by atoms with Gasteiger partial charge in [-0.25, -0.2) is 0 Å². The van der Waals surface area contributed by atoms with Gasteiger partial charge in [0.1, 0.15) is 0 Å². The Morgan fingerprint density at radius 1 is 0.704 bits per heavy atom. The van der Waals surface area contributed by atoms with Crippen LogP contribution >= 0.6 is 0 Å². The molecule has 27 heavy (non-hydrogen) atoms. The van der Waals surface area contributed by atoms with E-state index in [0.29, 0.717) is 0 Å². The average molecular weight is 388 g/mol. The van der Waals surface area contributed by atoms with Crippen molar-refractivity contribution in [2.24, 2.45) is 0 Å². The van der Waals surface area contributed by atoms with Crippen molar-refractivity contribution in [3.05, 3.63) is 0 Å². The third-order valence-electron chi connectivity index (χ3n) is 4.78. The van der Waals surface area contributed by atoms with Crippen LogP contribution in [0.25, 0.3) is 0 Å². The highest BCUT2D eigenvalue weighted by atomic mass is 16.5. The van der Waals surface area contributed by atoms with Crippen LogP contribution in [0.15, 0.2) is 0 Å². The number of nitrogens with zero attached hydrogens (tertiary/aromatic N) is 1. The summed E-state index contributed by atoms with van der Waals surface area (Å²) in [7, 11) is 0. The van der Waals surface area contributed by atoms with Crippen LogP contribution in [0.1, 0.15) is 98.8 Å². The van der Waals surface area contributed by atoms with Gasteiger partial charge >= 0.3 is 5.97 Å². The van der Waals surface area contributed by atoms with E-state index in [2.05, 4.69) is 32.4 Å². The molecular formula is C22H45NO4. The SMILES string of the molecule is CCCC[N+](CCCC)(CCCC)CCCC.CCOC(=O)CCC(=O)[O-]. The molecule has 0 N–H and O–H groups in total. The van der Waals surface area contributed by atoms with Gasteiger partial charge in [-0.15, -0.1) is 0 Å². The second kappa shape index (κ2) is 19.7. The molecule has 0 aromatic carbocycles. The molecule has 162 valence electrons. The minimum absolute atomic E-state index is 0.101. The standard InChI is InChI=1S/C16H36N.C6H10O4/c1-5-9-13-17(14-10-6-2,15-11-7-3)16-12-8-4;1-2-10-6(9)4-3-5(7)8/h5-16H2,1-4H3;2-4H2,1H3,(H,7,8)/q+1;/p-1. The van der Waals surface area contributed by atoms with Crippen molar-refractivity contribution in [3.63, 3.8) is 0 Å². The lowest BCUT2D eigenvalue weighted by molar-refractivity contribution is -0.929. The maximum Gasteiger partial charge on any atom is 0.306 e. The van der Waals surface area contributed by atoms with Gasteiger partial charge in [-0.1, -0.05) is 53.4 Å². The van der Waals surface area contributed by atoms with Gasteiger partial charge in [-0.3, -0.25) is 4.79 Å². The summed E-state index contributed by atoms with van der Waals surface area (Å²) >= 11 is 0. The van der Waals surface area contributed by atoms with E-state index in [0.717, 1.165) is 0 Å². The number of aliphatic carboxylic acids is 1. The predicted octanol–water partition coefficient (Wildman–Crippen LogP) is 4.08. The Morgan fingerprint density at radius 3 is 1.33 bits per heavy atom. The van der Waals surface area contributed by atoms with Gasteiger partial charge in [0.05, 0.1) is 39.2 Å². The topological polar surface area (TPSA) is 66.4 Å². The summed E-state index contributed by atoms with van der Waals surface area (Å²) in [6, 6.07) is 0. The van der Waals surface area contributed by atoms with Crippen LogP contribution in [0, 0.1) is 0 Å². The molecule has 0 atom stereocenters. The minimum Gasteiger partial charge on any atom is -0.550 e. The van der Waals surface area contributed by atoms with Crippen LogP contribution in [-0.2, 0) is 14.3 Å². The molecule has 0 aliphatic rings. The Bertz CT molecular complexity index is 321. The van der Waals surface area contributed by atoms with Crippen LogP contribution in [0.4, 0.5) is 0 Å². The second-order valence-corrected chi connectivity index (χ2v) is 7.33. The summed E-state index contributed by atoms with van der Waals surface area (Å²) < 4.78 is 5.88. The molecule has 5 heteroatoms. The van der Waals surface area contributed by atoms with E-state index < -0.39 is 11.9 Å². The van der Waals surface area contributed by atoms with Crippen molar-refractivity contribution in [2.75, 3.05) is 32.8 Å². The molecule has 0 aromatic rings. The summed E-state index contributed by atoms with van der Waals surface area (Å²) in [6.07, 6.45) is 10.7. The number of hydrogen-bond acceptors (Lipinski definition) is 4. The number of unbranched alkanes of at least 4 members (excludes halogenated alkanes) is 4. The van der Waals surface area contributed by atoms with E-state index in [1.54, 1.807) is 6.92 Å². The molecule has 0 unspecified atom stereocenters. The summed E-state index contributed by atoms with van der Waals surface area (Å²) in [5.41, 5.74) is 0. The fraction of sp³-hybridized carbons (Fsp3) is 0.909. The molecular weight excluding hydrogens is 342 g/mol. The van der Waals surface area contributed by atoms with Gasteiger partial charge in [0.25, 0.3) is 0 Å². The van der Waals surface area contributed by atoms with E-state index in [1.807, 2.05) is 0 Å². The molecule has 0 saturated heterocycles. The van der Waals surface area contributed by atoms with Crippen molar-refractivity contribution in [2.45, 2.75) is 98.8 Å². The molecule has 0 fully saturated rings. The number of esters is 1. The Balaban J connectivity index is 0.